The average molecular weight is 476 g/mol. The quantitative estimate of drug-likeness (QED) is 0.444. The lowest BCUT2D eigenvalue weighted by Gasteiger charge is -2.45. The van der Waals surface area contributed by atoms with Gasteiger partial charge in [-0.15, -0.1) is 0 Å². The van der Waals surface area contributed by atoms with Crippen LogP contribution in [0.5, 0.6) is 0 Å². The van der Waals surface area contributed by atoms with Gasteiger partial charge in [0.15, 0.2) is 0 Å². The number of anilines is 1. The molecule has 1 saturated heterocycles. The van der Waals surface area contributed by atoms with Gasteiger partial charge in [0, 0.05) is 47.7 Å². The van der Waals surface area contributed by atoms with E-state index >= 15 is 0 Å². The number of rotatable bonds is 3. The van der Waals surface area contributed by atoms with Gasteiger partial charge in [-0.05, 0) is 29.1 Å². The minimum Gasteiger partial charge on any atom is -0.453 e. The number of ether oxygens (including phenoxy) is 1. The number of pyridine rings is 2. The highest BCUT2D eigenvalue weighted by molar-refractivity contribution is 6.10. The number of hydrogen-bond donors (Lipinski definition) is 0. The van der Waals surface area contributed by atoms with Crippen LogP contribution in [0.1, 0.15) is 17.0 Å². The highest BCUT2D eigenvalue weighted by Gasteiger charge is 2.59. The second-order valence-corrected chi connectivity index (χ2v) is 9.03. The van der Waals surface area contributed by atoms with Crippen molar-refractivity contribution in [1.29, 1.82) is 5.26 Å². The molecule has 2 aromatic carbocycles. The largest absolute Gasteiger partial charge is 0.453 e. The smallest absolute Gasteiger partial charge is 0.409 e. The van der Waals surface area contributed by atoms with Gasteiger partial charge >= 0.3 is 6.09 Å². The molecule has 1 fully saturated rings. The molecule has 2 aromatic heterocycles. The van der Waals surface area contributed by atoms with Crippen molar-refractivity contribution in [3.8, 4) is 17.2 Å². The molecule has 8 heteroatoms. The first-order valence-corrected chi connectivity index (χ1v) is 11.5. The maximum Gasteiger partial charge on any atom is 0.409 e. The number of hydrogen-bond acceptors (Lipinski definition) is 6. The molecule has 8 nitrogen and oxygen atoms in total. The Morgan fingerprint density at radius 1 is 1.06 bits per heavy atom. The molecule has 1 spiro atoms. The van der Waals surface area contributed by atoms with E-state index in [1.165, 1.54) is 7.11 Å². The van der Waals surface area contributed by atoms with Gasteiger partial charge in [-0.25, -0.2) is 9.78 Å². The van der Waals surface area contributed by atoms with E-state index in [1.54, 1.807) is 22.1 Å². The number of carbonyl (C=O) groups excluding carboxylic acids is 2. The van der Waals surface area contributed by atoms with E-state index in [2.05, 4.69) is 11.1 Å². The Kier molecular flexibility index (Phi) is 4.93. The molecule has 0 unspecified atom stereocenters. The third-order valence-corrected chi connectivity index (χ3v) is 7.07. The van der Waals surface area contributed by atoms with Crippen molar-refractivity contribution in [3.63, 3.8) is 0 Å². The van der Waals surface area contributed by atoms with Gasteiger partial charge < -0.3 is 14.5 Å². The van der Waals surface area contributed by atoms with Gasteiger partial charge in [-0.2, -0.15) is 5.26 Å². The van der Waals surface area contributed by atoms with Crippen molar-refractivity contribution >= 4 is 28.5 Å². The molecular weight excluding hydrogens is 454 g/mol. The fourth-order valence-electron chi connectivity index (χ4n) is 5.33. The molecular formula is C28H21N5O3. The molecule has 0 N–H and O–H groups in total. The molecule has 4 heterocycles. The summed E-state index contributed by atoms with van der Waals surface area (Å²) in [5.41, 5.74) is 3.72. The number of amides is 2. The van der Waals surface area contributed by atoms with Gasteiger partial charge in [0.1, 0.15) is 17.2 Å². The van der Waals surface area contributed by atoms with Crippen LogP contribution >= 0.6 is 0 Å². The lowest BCUT2D eigenvalue weighted by molar-refractivity contribution is -0.128. The first kappa shape index (κ1) is 21.7. The van der Waals surface area contributed by atoms with E-state index < -0.39 is 11.5 Å². The number of aromatic nitrogens is 2. The van der Waals surface area contributed by atoms with Crippen LogP contribution in [0.4, 0.5) is 10.5 Å². The lowest BCUT2D eigenvalue weighted by Crippen LogP contribution is -2.65. The first-order chi connectivity index (χ1) is 17.6. The van der Waals surface area contributed by atoms with Crippen molar-refractivity contribution in [2.24, 2.45) is 0 Å². The molecule has 0 bridgehead atoms. The normalized spacial score (nSPS) is 15.5. The number of methoxy groups -OCH3 is 1. The summed E-state index contributed by atoms with van der Waals surface area (Å²) in [6, 6.07) is 21.3. The molecule has 176 valence electrons. The van der Waals surface area contributed by atoms with Crippen molar-refractivity contribution in [1.82, 2.24) is 14.9 Å². The molecule has 0 saturated carbocycles. The van der Waals surface area contributed by atoms with Crippen molar-refractivity contribution in [2.45, 2.75) is 12.0 Å². The van der Waals surface area contributed by atoms with E-state index in [9.17, 15) is 14.9 Å². The number of carbonyl (C=O) groups is 2. The predicted octanol–water partition coefficient (Wildman–Crippen LogP) is 4.04. The Balaban J connectivity index is 1.44. The van der Waals surface area contributed by atoms with E-state index in [1.807, 2.05) is 60.8 Å². The third kappa shape index (κ3) is 3.13. The molecule has 2 amide bonds. The Bertz CT molecular complexity index is 1570. The lowest BCUT2D eigenvalue weighted by atomic mass is 9.75. The number of benzene rings is 2. The van der Waals surface area contributed by atoms with Crippen molar-refractivity contribution in [2.75, 3.05) is 25.1 Å². The van der Waals surface area contributed by atoms with Crippen LogP contribution in [-0.2, 0) is 21.5 Å². The van der Waals surface area contributed by atoms with Crippen molar-refractivity contribution < 1.29 is 14.3 Å². The summed E-state index contributed by atoms with van der Waals surface area (Å²) in [5, 5.41) is 11.1. The highest BCUT2D eigenvalue weighted by atomic mass is 16.5. The van der Waals surface area contributed by atoms with Crippen LogP contribution in [0.3, 0.4) is 0 Å². The number of para-hydroxylation sites is 1. The summed E-state index contributed by atoms with van der Waals surface area (Å²) in [5.74, 6) is -0.0530. The van der Waals surface area contributed by atoms with Crippen LogP contribution in [0, 0.1) is 11.3 Å². The van der Waals surface area contributed by atoms with E-state index in [0.717, 1.165) is 38.8 Å². The molecule has 0 aliphatic carbocycles. The molecule has 0 radical (unpaired) electrons. The Labute approximate surface area is 207 Å². The van der Waals surface area contributed by atoms with E-state index in [4.69, 9.17) is 9.72 Å². The molecule has 6 rings (SSSR count). The number of nitriles is 1. The minimum atomic E-state index is -0.780. The summed E-state index contributed by atoms with van der Waals surface area (Å²) >= 11 is 0. The predicted molar refractivity (Wildman–Crippen MR) is 133 cm³/mol. The summed E-state index contributed by atoms with van der Waals surface area (Å²) in [6.07, 6.45) is 3.05. The highest BCUT2D eigenvalue weighted by Crippen LogP contribution is 2.48. The zero-order chi connectivity index (χ0) is 24.9. The summed E-state index contributed by atoms with van der Waals surface area (Å²) in [6.45, 7) is 0.823. The monoisotopic (exact) mass is 475 g/mol. The fraction of sp³-hybridized carbons (Fsp3) is 0.179. The zero-order valence-electron chi connectivity index (χ0n) is 19.5. The standard InChI is InChI=1S/C28H21N5O3/c1-36-27(35)32-16-28(17-32)22-8-4-5-9-24(22)33(26(28)34)15-23-25(19-10-11-20(12-29)30-14-19)21-7-3-2-6-18(21)13-31-23/h2-11,13-14H,15-17H2,1H3. The van der Waals surface area contributed by atoms with Crippen LogP contribution in [0.2, 0.25) is 0 Å². The second kappa shape index (κ2) is 8.17. The van der Waals surface area contributed by atoms with Crippen LogP contribution in [-0.4, -0.2) is 47.1 Å². The van der Waals surface area contributed by atoms with Crippen LogP contribution in [0.25, 0.3) is 21.9 Å². The Morgan fingerprint density at radius 3 is 2.58 bits per heavy atom. The van der Waals surface area contributed by atoms with Gasteiger partial charge in [-0.1, -0.05) is 42.5 Å². The number of nitrogens with zero attached hydrogens (tertiary/aromatic N) is 5. The third-order valence-electron chi connectivity index (χ3n) is 7.07. The molecule has 36 heavy (non-hydrogen) atoms. The van der Waals surface area contributed by atoms with Gasteiger partial charge in [0.2, 0.25) is 5.91 Å². The first-order valence-electron chi connectivity index (χ1n) is 11.5. The zero-order valence-corrected chi connectivity index (χ0v) is 19.5. The van der Waals surface area contributed by atoms with Crippen LogP contribution in [0.15, 0.2) is 73.1 Å². The number of likely N-dealkylation sites (tertiary alicyclic amines) is 1. The molecule has 4 aromatic rings. The van der Waals surface area contributed by atoms with Crippen molar-refractivity contribution in [3.05, 3.63) is 90.0 Å². The van der Waals surface area contributed by atoms with Gasteiger partial charge in [0.05, 0.1) is 19.3 Å². The minimum absolute atomic E-state index is 0.0530. The number of fused-ring (bicyclic) bond motifs is 3. The molecule has 2 aliphatic heterocycles. The molecule has 2 aliphatic rings. The SMILES string of the molecule is COC(=O)N1CC2(C1)C(=O)N(Cc1ncc3ccccc3c1-c1ccc(C#N)nc1)c1ccccc12. The van der Waals surface area contributed by atoms with Gasteiger partial charge in [-0.3, -0.25) is 9.78 Å². The fourth-order valence-corrected chi connectivity index (χ4v) is 5.33. The molecule has 0 atom stereocenters. The second-order valence-electron chi connectivity index (χ2n) is 9.03. The van der Waals surface area contributed by atoms with Crippen LogP contribution < -0.4 is 4.90 Å². The topological polar surface area (TPSA) is 99.4 Å². The summed E-state index contributed by atoms with van der Waals surface area (Å²) in [4.78, 5) is 38.3. The maximum absolute atomic E-state index is 13.9. The summed E-state index contributed by atoms with van der Waals surface area (Å²) in [7, 11) is 1.34. The van der Waals surface area contributed by atoms with E-state index in [-0.39, 0.29) is 25.5 Å². The average Bonchev–Trinajstić information content (AvgIpc) is 3.15. The van der Waals surface area contributed by atoms with E-state index in [0.29, 0.717) is 5.69 Å². The van der Waals surface area contributed by atoms with Gasteiger partial charge in [0.25, 0.3) is 0 Å². The Hall–Kier alpha value is -4.77. The summed E-state index contributed by atoms with van der Waals surface area (Å²) < 4.78 is 4.85. The Morgan fingerprint density at radius 2 is 1.83 bits per heavy atom. The maximum atomic E-state index is 13.9.